The van der Waals surface area contributed by atoms with Gasteiger partial charge in [0.1, 0.15) is 0 Å². The van der Waals surface area contributed by atoms with Crippen molar-refractivity contribution < 1.29 is 9.90 Å². The lowest BCUT2D eigenvalue weighted by Gasteiger charge is -2.26. The molecule has 0 aromatic rings. The van der Waals surface area contributed by atoms with E-state index < -0.39 is 0 Å². The minimum Gasteiger partial charge on any atom is -0.395 e. The van der Waals surface area contributed by atoms with Crippen LogP contribution in [0.4, 0.5) is 0 Å². The molecule has 1 saturated heterocycles. The first kappa shape index (κ1) is 17.4. The first-order valence-electron chi connectivity index (χ1n) is 7.93. The summed E-state index contributed by atoms with van der Waals surface area (Å²) in [6, 6.07) is 0. The van der Waals surface area contributed by atoms with Gasteiger partial charge >= 0.3 is 0 Å². The minimum absolute atomic E-state index is 0.205. The second-order valence-corrected chi connectivity index (χ2v) is 7.37. The average molecular weight is 284 g/mol. The summed E-state index contributed by atoms with van der Waals surface area (Å²) in [4.78, 5) is 16.6. The molecule has 4 nitrogen and oxygen atoms in total. The van der Waals surface area contributed by atoms with Crippen LogP contribution in [0, 0.1) is 11.3 Å². The maximum Gasteiger partial charge on any atom is 0.222 e. The average Bonchev–Trinajstić information content (AvgIpc) is 2.52. The molecule has 118 valence electrons. The van der Waals surface area contributed by atoms with Gasteiger partial charge < -0.3 is 10.0 Å². The molecule has 20 heavy (non-hydrogen) atoms. The SMILES string of the molecule is CC(CC(=O)N1CCCN(CCO)CC1)CC(C)(C)C. The van der Waals surface area contributed by atoms with Crippen molar-refractivity contribution in [1.29, 1.82) is 0 Å². The van der Waals surface area contributed by atoms with Gasteiger partial charge in [-0.1, -0.05) is 27.7 Å². The quantitative estimate of drug-likeness (QED) is 0.839. The Balaban J connectivity index is 2.39. The monoisotopic (exact) mass is 284 g/mol. The predicted octanol–water partition coefficient (Wildman–Crippen LogP) is 1.98. The van der Waals surface area contributed by atoms with Crippen molar-refractivity contribution in [2.75, 3.05) is 39.3 Å². The Morgan fingerprint density at radius 3 is 2.50 bits per heavy atom. The number of carbonyl (C=O) groups is 1. The summed E-state index contributed by atoms with van der Waals surface area (Å²) in [5, 5.41) is 8.99. The molecule has 1 unspecified atom stereocenters. The molecule has 0 spiro atoms. The molecule has 1 rings (SSSR count). The van der Waals surface area contributed by atoms with E-state index in [9.17, 15) is 4.79 Å². The van der Waals surface area contributed by atoms with Gasteiger partial charge in [-0.15, -0.1) is 0 Å². The van der Waals surface area contributed by atoms with Crippen LogP contribution in [0.15, 0.2) is 0 Å². The van der Waals surface area contributed by atoms with Gasteiger partial charge in [-0.25, -0.2) is 0 Å². The smallest absolute Gasteiger partial charge is 0.222 e. The van der Waals surface area contributed by atoms with Crippen LogP contribution < -0.4 is 0 Å². The lowest BCUT2D eigenvalue weighted by molar-refractivity contribution is -0.132. The third-order valence-electron chi connectivity index (χ3n) is 3.84. The summed E-state index contributed by atoms with van der Waals surface area (Å²) in [5.74, 6) is 0.742. The van der Waals surface area contributed by atoms with Crippen molar-refractivity contribution in [3.05, 3.63) is 0 Å². The lowest BCUT2D eigenvalue weighted by atomic mass is 9.84. The number of β-amino-alcohol motifs (C(OH)–C–C–N with tert-alkyl or cyclic N) is 1. The standard InChI is InChI=1S/C16H32N2O2/c1-14(13-16(2,3)4)12-15(20)18-7-5-6-17(8-9-18)10-11-19/h14,19H,5-13H2,1-4H3. The summed E-state index contributed by atoms with van der Waals surface area (Å²) < 4.78 is 0. The van der Waals surface area contributed by atoms with Gasteiger partial charge in [-0.05, 0) is 30.7 Å². The summed E-state index contributed by atoms with van der Waals surface area (Å²) in [6.45, 7) is 13.3. The van der Waals surface area contributed by atoms with Crippen molar-refractivity contribution in [3.8, 4) is 0 Å². The third-order valence-corrected chi connectivity index (χ3v) is 3.84. The molecule has 4 heteroatoms. The molecule has 1 N–H and O–H groups in total. The first-order valence-corrected chi connectivity index (χ1v) is 7.93. The number of hydrogen-bond donors (Lipinski definition) is 1. The molecule has 0 radical (unpaired) electrons. The maximum absolute atomic E-state index is 12.4. The van der Waals surface area contributed by atoms with E-state index in [-0.39, 0.29) is 12.0 Å². The number of amides is 1. The van der Waals surface area contributed by atoms with Crippen molar-refractivity contribution in [2.24, 2.45) is 11.3 Å². The normalized spacial score (nSPS) is 19.8. The molecule has 1 fully saturated rings. The molecular weight excluding hydrogens is 252 g/mol. The van der Waals surface area contributed by atoms with Gasteiger partial charge in [0.15, 0.2) is 0 Å². The van der Waals surface area contributed by atoms with E-state index in [0.29, 0.717) is 18.2 Å². The Labute approximate surface area is 124 Å². The van der Waals surface area contributed by atoms with E-state index in [2.05, 4.69) is 32.6 Å². The molecule has 1 aliphatic heterocycles. The summed E-state index contributed by atoms with van der Waals surface area (Å²) in [5.41, 5.74) is 0.288. The van der Waals surface area contributed by atoms with Gasteiger partial charge in [-0.3, -0.25) is 9.69 Å². The highest BCUT2D eigenvalue weighted by Gasteiger charge is 2.22. The van der Waals surface area contributed by atoms with Crippen LogP contribution in [0.2, 0.25) is 0 Å². The zero-order valence-electron chi connectivity index (χ0n) is 13.7. The van der Waals surface area contributed by atoms with Gasteiger partial charge in [0.05, 0.1) is 6.61 Å². The molecule has 0 saturated carbocycles. The lowest BCUT2D eigenvalue weighted by Crippen LogP contribution is -2.36. The molecule has 1 heterocycles. The number of rotatable bonds is 5. The molecule has 1 atom stereocenters. The first-order chi connectivity index (χ1) is 9.31. The molecule has 1 aliphatic rings. The van der Waals surface area contributed by atoms with Gasteiger partial charge in [0.2, 0.25) is 5.91 Å². The predicted molar refractivity (Wildman–Crippen MR) is 82.6 cm³/mol. The number of aliphatic hydroxyl groups excluding tert-OH is 1. The van der Waals surface area contributed by atoms with E-state index >= 15 is 0 Å². The van der Waals surface area contributed by atoms with Crippen LogP contribution in [0.1, 0.15) is 47.0 Å². The number of aliphatic hydroxyl groups is 1. The van der Waals surface area contributed by atoms with Crippen LogP contribution in [0.25, 0.3) is 0 Å². The summed E-state index contributed by atoms with van der Waals surface area (Å²) in [7, 11) is 0. The van der Waals surface area contributed by atoms with Gasteiger partial charge in [0, 0.05) is 32.6 Å². The highest BCUT2D eigenvalue weighted by Crippen LogP contribution is 2.26. The van der Waals surface area contributed by atoms with Crippen LogP contribution >= 0.6 is 0 Å². The Kier molecular flexibility index (Phi) is 6.96. The molecule has 0 aliphatic carbocycles. The van der Waals surface area contributed by atoms with Crippen molar-refractivity contribution in [3.63, 3.8) is 0 Å². The second kappa shape index (κ2) is 7.99. The highest BCUT2D eigenvalue weighted by molar-refractivity contribution is 5.76. The van der Waals surface area contributed by atoms with Crippen molar-refractivity contribution in [2.45, 2.75) is 47.0 Å². The van der Waals surface area contributed by atoms with Crippen LogP contribution in [0.5, 0.6) is 0 Å². The van der Waals surface area contributed by atoms with Crippen LogP contribution in [-0.2, 0) is 4.79 Å². The summed E-state index contributed by atoms with van der Waals surface area (Å²) >= 11 is 0. The van der Waals surface area contributed by atoms with Gasteiger partial charge in [0.25, 0.3) is 0 Å². The number of carbonyl (C=O) groups excluding carboxylic acids is 1. The number of nitrogens with zero attached hydrogens (tertiary/aromatic N) is 2. The molecule has 0 bridgehead atoms. The number of hydrogen-bond acceptors (Lipinski definition) is 3. The third kappa shape index (κ3) is 6.71. The van der Waals surface area contributed by atoms with Gasteiger partial charge in [-0.2, -0.15) is 0 Å². The molecule has 1 amide bonds. The Morgan fingerprint density at radius 1 is 1.20 bits per heavy atom. The summed E-state index contributed by atoms with van der Waals surface area (Å²) in [6.07, 6.45) is 2.76. The topological polar surface area (TPSA) is 43.8 Å². The fourth-order valence-corrected chi connectivity index (χ4v) is 3.13. The van der Waals surface area contributed by atoms with E-state index in [1.54, 1.807) is 0 Å². The Hall–Kier alpha value is -0.610. The largest absolute Gasteiger partial charge is 0.395 e. The van der Waals surface area contributed by atoms with Crippen molar-refractivity contribution in [1.82, 2.24) is 9.80 Å². The second-order valence-electron chi connectivity index (χ2n) is 7.37. The molecule has 0 aromatic heterocycles. The van der Waals surface area contributed by atoms with Crippen LogP contribution in [-0.4, -0.2) is 60.1 Å². The van der Waals surface area contributed by atoms with E-state index in [0.717, 1.165) is 45.6 Å². The Bertz CT molecular complexity index is 299. The fraction of sp³-hybridized carbons (Fsp3) is 0.938. The maximum atomic E-state index is 12.4. The van der Waals surface area contributed by atoms with E-state index in [1.807, 2.05) is 4.90 Å². The zero-order valence-corrected chi connectivity index (χ0v) is 13.7. The van der Waals surface area contributed by atoms with Crippen molar-refractivity contribution >= 4 is 5.91 Å². The highest BCUT2D eigenvalue weighted by atomic mass is 16.3. The van der Waals surface area contributed by atoms with E-state index in [4.69, 9.17) is 5.11 Å². The zero-order chi connectivity index (χ0) is 15.2. The minimum atomic E-state index is 0.205. The van der Waals surface area contributed by atoms with Crippen LogP contribution in [0.3, 0.4) is 0 Å². The molecule has 0 aromatic carbocycles. The fourth-order valence-electron chi connectivity index (χ4n) is 3.13. The Morgan fingerprint density at radius 2 is 1.90 bits per heavy atom. The molecular formula is C16H32N2O2. The van der Waals surface area contributed by atoms with E-state index in [1.165, 1.54) is 0 Å².